The highest BCUT2D eigenvalue weighted by Gasteiger charge is 2.22. The van der Waals surface area contributed by atoms with E-state index >= 15 is 0 Å². The molecule has 0 aromatic carbocycles. The molecule has 0 radical (unpaired) electrons. The minimum atomic E-state index is 0.119. The Balaban J connectivity index is 2.45. The normalized spacial score (nSPS) is 20.2. The van der Waals surface area contributed by atoms with E-state index in [9.17, 15) is 4.79 Å². The molecule has 14 heavy (non-hydrogen) atoms. The van der Waals surface area contributed by atoms with Gasteiger partial charge in [-0.05, 0) is 37.1 Å². The van der Waals surface area contributed by atoms with Crippen LogP contribution in [0, 0.1) is 0 Å². The number of likely N-dealkylation sites (N-methyl/N-ethyl adjacent to an activating group) is 1. The summed E-state index contributed by atoms with van der Waals surface area (Å²) in [6, 6.07) is 0.422. The molecule has 1 amide bonds. The van der Waals surface area contributed by atoms with Gasteiger partial charge in [-0.3, -0.25) is 4.79 Å². The van der Waals surface area contributed by atoms with E-state index in [1.54, 1.807) is 10.2 Å². The van der Waals surface area contributed by atoms with Gasteiger partial charge >= 0.3 is 0 Å². The van der Waals surface area contributed by atoms with Gasteiger partial charge in [0.05, 0.1) is 0 Å². The molecule has 0 saturated carbocycles. The molecule has 1 aliphatic heterocycles. The Morgan fingerprint density at radius 3 is 2.57 bits per heavy atom. The van der Waals surface area contributed by atoms with Gasteiger partial charge in [-0.1, -0.05) is 22.6 Å². The minimum absolute atomic E-state index is 0.119. The van der Waals surface area contributed by atoms with Gasteiger partial charge in [-0.15, -0.1) is 0 Å². The molecule has 1 rings (SSSR count). The van der Waals surface area contributed by atoms with Crippen LogP contribution in [0.15, 0.2) is 10.2 Å². The Kier molecular flexibility index (Phi) is 4.88. The molecular weight excluding hydrogens is 291 g/mol. The van der Waals surface area contributed by atoms with Gasteiger partial charge in [0, 0.05) is 19.2 Å². The number of carbonyl (C=O) groups is 1. The number of amides is 1. The van der Waals surface area contributed by atoms with Crippen LogP contribution in [0.3, 0.4) is 0 Å². The summed E-state index contributed by atoms with van der Waals surface area (Å²) in [6.07, 6.45) is 3.81. The molecule has 1 saturated heterocycles. The lowest BCUT2D eigenvalue weighted by atomic mass is 10.0. The molecule has 0 unspecified atom stereocenters. The topological polar surface area (TPSA) is 23.6 Å². The fraction of sp³-hybridized carbons (Fsp3) is 0.700. The Morgan fingerprint density at radius 1 is 1.50 bits per heavy atom. The number of likely N-dealkylation sites (tertiary alicyclic amines) is 1. The summed E-state index contributed by atoms with van der Waals surface area (Å²) in [5, 5.41) is 0. The Hall–Kier alpha value is -0.100. The first-order valence-electron chi connectivity index (χ1n) is 4.87. The first kappa shape index (κ1) is 12.0. The van der Waals surface area contributed by atoms with Crippen LogP contribution in [0.5, 0.6) is 0 Å². The predicted octanol–water partition coefficient (Wildman–Crippen LogP) is 1.49. The number of carbonyl (C=O) groups excluding carboxylic acids is 1. The zero-order chi connectivity index (χ0) is 10.6. The van der Waals surface area contributed by atoms with Crippen LogP contribution in [-0.4, -0.2) is 48.9 Å². The molecule has 0 N–H and O–H groups in total. The molecule has 0 bridgehead atoms. The van der Waals surface area contributed by atoms with Crippen molar-refractivity contribution in [2.24, 2.45) is 0 Å². The smallest absolute Gasteiger partial charge is 0.246 e. The summed E-state index contributed by atoms with van der Waals surface area (Å²) >= 11 is 2.07. The van der Waals surface area contributed by atoms with Gasteiger partial charge in [-0.2, -0.15) is 0 Å². The monoisotopic (exact) mass is 308 g/mol. The fourth-order valence-corrected chi connectivity index (χ4v) is 2.04. The van der Waals surface area contributed by atoms with Crippen LogP contribution < -0.4 is 0 Å². The van der Waals surface area contributed by atoms with Gasteiger partial charge in [0.25, 0.3) is 0 Å². The van der Waals surface area contributed by atoms with Crippen molar-refractivity contribution in [2.75, 3.05) is 27.2 Å². The van der Waals surface area contributed by atoms with Crippen molar-refractivity contribution in [1.82, 2.24) is 9.80 Å². The lowest BCUT2D eigenvalue weighted by Gasteiger charge is -2.34. The standard InChI is InChI=1S/C10H17IN2O/c1-12-7-4-9(5-8-12)13(2)10(14)3-6-11/h3,6,9H,4-5,7-8H2,1-2H3/b6-3+. The van der Waals surface area contributed by atoms with Crippen molar-refractivity contribution in [1.29, 1.82) is 0 Å². The molecule has 0 atom stereocenters. The number of hydrogen-bond acceptors (Lipinski definition) is 2. The van der Waals surface area contributed by atoms with Crippen molar-refractivity contribution in [3.8, 4) is 0 Å². The van der Waals surface area contributed by atoms with E-state index in [0.29, 0.717) is 6.04 Å². The number of rotatable bonds is 2. The van der Waals surface area contributed by atoms with Crippen molar-refractivity contribution in [3.05, 3.63) is 10.2 Å². The molecule has 1 heterocycles. The summed E-state index contributed by atoms with van der Waals surface area (Å²) in [5.74, 6) is 0.119. The summed E-state index contributed by atoms with van der Waals surface area (Å²) in [6.45, 7) is 2.19. The van der Waals surface area contributed by atoms with E-state index in [4.69, 9.17) is 0 Å². The third kappa shape index (κ3) is 3.24. The predicted molar refractivity (Wildman–Crippen MR) is 66.4 cm³/mol. The van der Waals surface area contributed by atoms with E-state index in [-0.39, 0.29) is 5.91 Å². The van der Waals surface area contributed by atoms with Crippen LogP contribution in [0.1, 0.15) is 12.8 Å². The maximum atomic E-state index is 11.5. The minimum Gasteiger partial charge on any atom is -0.339 e. The number of hydrogen-bond donors (Lipinski definition) is 0. The Labute approximate surface area is 99.3 Å². The molecule has 4 heteroatoms. The van der Waals surface area contributed by atoms with E-state index < -0.39 is 0 Å². The van der Waals surface area contributed by atoms with Crippen LogP contribution >= 0.6 is 22.6 Å². The average molecular weight is 308 g/mol. The number of nitrogens with zero attached hydrogens (tertiary/aromatic N) is 2. The molecule has 3 nitrogen and oxygen atoms in total. The lowest BCUT2D eigenvalue weighted by Crippen LogP contribution is -2.43. The lowest BCUT2D eigenvalue weighted by molar-refractivity contribution is -0.127. The maximum absolute atomic E-state index is 11.5. The number of piperidine rings is 1. The van der Waals surface area contributed by atoms with Crippen molar-refractivity contribution >= 4 is 28.5 Å². The SMILES string of the molecule is CN1CCC(N(C)C(=O)/C=C/I)CC1. The van der Waals surface area contributed by atoms with Crippen LogP contribution in [-0.2, 0) is 4.79 Å². The fourth-order valence-electron chi connectivity index (χ4n) is 1.73. The highest BCUT2D eigenvalue weighted by molar-refractivity contribution is 14.1. The van der Waals surface area contributed by atoms with Crippen molar-refractivity contribution in [3.63, 3.8) is 0 Å². The largest absolute Gasteiger partial charge is 0.339 e. The third-order valence-electron chi connectivity index (χ3n) is 2.79. The molecule has 1 fully saturated rings. The molecule has 0 aromatic rings. The molecule has 1 aliphatic rings. The van der Waals surface area contributed by atoms with Gasteiger partial charge in [0.1, 0.15) is 0 Å². The Morgan fingerprint density at radius 2 is 2.07 bits per heavy atom. The van der Waals surface area contributed by atoms with Crippen molar-refractivity contribution < 1.29 is 4.79 Å². The summed E-state index contributed by atoms with van der Waals surface area (Å²) in [7, 11) is 4.03. The second-order valence-electron chi connectivity index (χ2n) is 3.78. The molecule has 80 valence electrons. The van der Waals surface area contributed by atoms with E-state index in [1.165, 1.54) is 0 Å². The highest BCUT2D eigenvalue weighted by Crippen LogP contribution is 2.14. The zero-order valence-electron chi connectivity index (χ0n) is 8.74. The second kappa shape index (κ2) is 5.70. The molecular formula is C10H17IN2O. The van der Waals surface area contributed by atoms with Crippen molar-refractivity contribution in [2.45, 2.75) is 18.9 Å². The van der Waals surface area contributed by atoms with E-state index in [2.05, 4.69) is 34.5 Å². The van der Waals surface area contributed by atoms with Gasteiger partial charge in [0.2, 0.25) is 5.91 Å². The summed E-state index contributed by atoms with van der Waals surface area (Å²) < 4.78 is 1.77. The molecule has 0 spiro atoms. The Bertz CT molecular complexity index is 222. The maximum Gasteiger partial charge on any atom is 0.246 e. The molecule has 0 aromatic heterocycles. The van der Waals surface area contributed by atoms with Crippen LogP contribution in [0.2, 0.25) is 0 Å². The van der Waals surface area contributed by atoms with Crippen LogP contribution in [0.4, 0.5) is 0 Å². The average Bonchev–Trinajstić information content (AvgIpc) is 2.18. The molecule has 0 aliphatic carbocycles. The number of halogens is 1. The first-order valence-corrected chi connectivity index (χ1v) is 6.12. The third-order valence-corrected chi connectivity index (χ3v) is 3.15. The summed E-state index contributed by atoms with van der Waals surface area (Å²) in [4.78, 5) is 15.7. The van der Waals surface area contributed by atoms with Crippen LogP contribution in [0.25, 0.3) is 0 Å². The van der Waals surface area contributed by atoms with Gasteiger partial charge in [0.15, 0.2) is 0 Å². The van der Waals surface area contributed by atoms with E-state index in [1.807, 2.05) is 11.9 Å². The summed E-state index contributed by atoms with van der Waals surface area (Å²) in [5.41, 5.74) is 0. The van der Waals surface area contributed by atoms with Gasteiger partial charge in [-0.25, -0.2) is 0 Å². The zero-order valence-corrected chi connectivity index (χ0v) is 10.9. The van der Waals surface area contributed by atoms with E-state index in [0.717, 1.165) is 25.9 Å². The quantitative estimate of drug-likeness (QED) is 0.570. The first-order chi connectivity index (χ1) is 6.65. The second-order valence-corrected chi connectivity index (χ2v) is 4.50. The van der Waals surface area contributed by atoms with Gasteiger partial charge < -0.3 is 9.80 Å². The highest BCUT2D eigenvalue weighted by atomic mass is 127.